The van der Waals surface area contributed by atoms with Crippen LogP contribution in [0.1, 0.15) is 78.6 Å². The van der Waals surface area contributed by atoms with Crippen LogP contribution in [-0.4, -0.2) is 20.5 Å². The number of hydrogen-bond acceptors (Lipinski definition) is 4. The van der Waals surface area contributed by atoms with Gasteiger partial charge >= 0.3 is 5.69 Å². The summed E-state index contributed by atoms with van der Waals surface area (Å²) in [5.74, 6) is 4.33. The van der Waals surface area contributed by atoms with Gasteiger partial charge in [0.2, 0.25) is 0 Å². The first-order chi connectivity index (χ1) is 14.7. The van der Waals surface area contributed by atoms with Crippen LogP contribution in [0.2, 0.25) is 0 Å². The molecule has 6 heteroatoms. The van der Waals surface area contributed by atoms with Gasteiger partial charge in [-0.1, -0.05) is 27.2 Å². The van der Waals surface area contributed by atoms with Crippen molar-refractivity contribution in [2.75, 3.05) is 0 Å². The second kappa shape index (κ2) is 7.41. The highest BCUT2D eigenvalue weighted by Crippen LogP contribution is 2.67. The Morgan fingerprint density at radius 1 is 1.13 bits per heavy atom. The molecule has 0 bridgehead atoms. The molecule has 0 aromatic carbocycles. The normalized spacial score (nSPS) is 44.2. The maximum absolute atomic E-state index is 13.3. The van der Waals surface area contributed by atoms with E-state index in [0.717, 1.165) is 36.5 Å². The van der Waals surface area contributed by atoms with Crippen LogP contribution in [0.3, 0.4) is 0 Å². The molecule has 0 aliphatic heterocycles. The summed E-state index contributed by atoms with van der Waals surface area (Å²) < 4.78 is 1.46. The number of carbonyl (C=O) groups excluding carboxylic acids is 1. The quantitative estimate of drug-likeness (QED) is 0.459. The summed E-state index contributed by atoms with van der Waals surface area (Å²) in [5.41, 5.74) is 0.547. The first-order valence-corrected chi connectivity index (χ1v) is 12.4. The summed E-state index contributed by atoms with van der Waals surface area (Å²) in [5, 5.41) is 15.0. The summed E-state index contributed by atoms with van der Waals surface area (Å²) in [6.45, 7) is 7.58. The minimum atomic E-state index is -0.453. The third kappa shape index (κ3) is 3.27. The molecule has 7 unspecified atom stereocenters. The van der Waals surface area contributed by atoms with Gasteiger partial charge in [-0.05, 0) is 91.8 Å². The zero-order valence-corrected chi connectivity index (χ0v) is 19.3. The Balaban J connectivity index is 1.32. The lowest BCUT2D eigenvalue weighted by Crippen LogP contribution is -2.53. The van der Waals surface area contributed by atoms with E-state index in [1.54, 1.807) is 0 Å². The Labute approximate surface area is 185 Å². The maximum atomic E-state index is 13.3. The number of nitro groups is 1. The molecule has 4 saturated carbocycles. The van der Waals surface area contributed by atoms with E-state index in [1.807, 2.05) is 0 Å². The lowest BCUT2D eigenvalue weighted by Gasteiger charge is -2.61. The van der Waals surface area contributed by atoms with Gasteiger partial charge in [-0.25, -0.2) is 0 Å². The van der Waals surface area contributed by atoms with Crippen LogP contribution >= 0.6 is 0 Å². The largest absolute Gasteiger partial charge is 0.307 e. The fraction of sp³-hybridized carbons (Fsp3) is 0.840. The molecule has 170 valence electrons. The van der Waals surface area contributed by atoms with Gasteiger partial charge in [-0.2, -0.15) is 5.10 Å². The van der Waals surface area contributed by atoms with Crippen molar-refractivity contribution in [2.24, 2.45) is 46.3 Å². The van der Waals surface area contributed by atoms with Crippen molar-refractivity contribution in [2.45, 2.75) is 85.1 Å². The number of ketones is 1. The van der Waals surface area contributed by atoms with E-state index in [2.05, 4.69) is 25.9 Å². The molecule has 0 spiro atoms. The zero-order chi connectivity index (χ0) is 22.0. The van der Waals surface area contributed by atoms with Gasteiger partial charge in [-0.3, -0.25) is 19.6 Å². The molecule has 0 amide bonds. The number of carbonyl (C=O) groups is 1. The molecular formula is C25H37N3O3. The Morgan fingerprint density at radius 2 is 1.87 bits per heavy atom. The molecule has 4 aliphatic carbocycles. The molecule has 0 radical (unpaired) electrons. The van der Waals surface area contributed by atoms with Gasteiger partial charge in [0.1, 0.15) is 18.9 Å². The third-order valence-corrected chi connectivity index (χ3v) is 10.5. The predicted octanol–water partition coefficient (Wildman–Crippen LogP) is 5.66. The molecule has 6 nitrogen and oxygen atoms in total. The number of Topliss-reactive ketones (excluding diaryl/α,β-unsaturated/α-hetero) is 1. The van der Waals surface area contributed by atoms with Crippen LogP contribution in [0.5, 0.6) is 0 Å². The number of hydrogen-bond donors (Lipinski definition) is 0. The molecule has 1 aromatic heterocycles. The second-order valence-corrected chi connectivity index (χ2v) is 11.8. The molecule has 31 heavy (non-hydrogen) atoms. The van der Waals surface area contributed by atoms with Gasteiger partial charge in [0.05, 0.1) is 4.92 Å². The van der Waals surface area contributed by atoms with Crippen molar-refractivity contribution in [3.63, 3.8) is 0 Å². The Morgan fingerprint density at radius 3 is 2.61 bits per heavy atom. The lowest BCUT2D eigenvalue weighted by atomic mass is 9.44. The average molecular weight is 428 g/mol. The molecule has 0 saturated heterocycles. The molecule has 4 aliphatic rings. The highest BCUT2D eigenvalue weighted by molar-refractivity contribution is 5.82. The predicted molar refractivity (Wildman–Crippen MR) is 118 cm³/mol. The Kier molecular flexibility index (Phi) is 5.06. The molecule has 4 fully saturated rings. The van der Waals surface area contributed by atoms with E-state index in [0.29, 0.717) is 11.3 Å². The zero-order valence-electron chi connectivity index (χ0n) is 19.3. The standard InChI is InChI=1S/C25H37N3O3/c1-16-8-10-24(2)17(12-16)4-5-19-20-6-7-22(25(20,3)11-9-21(19)24)23(29)15-27-14-18(13-26-27)28(30)31/h13-14,16-17,19-22H,4-12,15H2,1-3H3/t16?,17?,19?,20?,21?,22-,24?,25?/m1/s1. The maximum Gasteiger partial charge on any atom is 0.307 e. The van der Waals surface area contributed by atoms with E-state index in [9.17, 15) is 14.9 Å². The van der Waals surface area contributed by atoms with E-state index in [1.165, 1.54) is 62.0 Å². The van der Waals surface area contributed by atoms with Crippen LogP contribution < -0.4 is 0 Å². The minimum absolute atomic E-state index is 0.0457. The van der Waals surface area contributed by atoms with Crippen LogP contribution in [0, 0.1) is 56.5 Å². The molecule has 1 heterocycles. The smallest absolute Gasteiger partial charge is 0.297 e. The van der Waals surface area contributed by atoms with Gasteiger partial charge < -0.3 is 0 Å². The van der Waals surface area contributed by atoms with Gasteiger partial charge in [0.25, 0.3) is 0 Å². The summed E-state index contributed by atoms with van der Waals surface area (Å²) in [7, 11) is 0. The van der Waals surface area contributed by atoms with E-state index >= 15 is 0 Å². The number of fused-ring (bicyclic) bond motifs is 5. The van der Waals surface area contributed by atoms with E-state index < -0.39 is 4.92 Å². The fourth-order valence-corrected chi connectivity index (χ4v) is 8.80. The summed E-state index contributed by atoms with van der Waals surface area (Å²) >= 11 is 0. The molecular weight excluding hydrogens is 390 g/mol. The van der Waals surface area contributed by atoms with Gasteiger partial charge in [0, 0.05) is 5.92 Å². The van der Waals surface area contributed by atoms with Crippen molar-refractivity contribution >= 4 is 11.5 Å². The number of nitrogens with zero attached hydrogens (tertiary/aromatic N) is 3. The monoisotopic (exact) mass is 427 g/mol. The highest BCUT2D eigenvalue weighted by Gasteiger charge is 2.60. The third-order valence-electron chi connectivity index (χ3n) is 10.5. The molecule has 8 atom stereocenters. The minimum Gasteiger partial charge on any atom is -0.297 e. The SMILES string of the molecule is CC1CCC2(C)C(CCC3C2CCC2(C)C3CC[C@@H]2C(=O)Cn2cc([N+](=O)[O-])cn2)C1. The fourth-order valence-electron chi connectivity index (χ4n) is 8.80. The van der Waals surface area contributed by atoms with Crippen LogP contribution in [-0.2, 0) is 11.3 Å². The molecule has 5 rings (SSSR count). The summed E-state index contributed by atoms with van der Waals surface area (Å²) in [6, 6.07) is 0. The summed E-state index contributed by atoms with van der Waals surface area (Å²) in [4.78, 5) is 23.8. The van der Waals surface area contributed by atoms with E-state index in [-0.39, 0.29) is 29.3 Å². The molecule has 1 aromatic rings. The first kappa shape index (κ1) is 21.1. The summed E-state index contributed by atoms with van der Waals surface area (Å²) in [6.07, 6.45) is 14.1. The Hall–Kier alpha value is -1.72. The van der Waals surface area contributed by atoms with Crippen molar-refractivity contribution in [3.8, 4) is 0 Å². The van der Waals surface area contributed by atoms with Crippen LogP contribution in [0.4, 0.5) is 5.69 Å². The van der Waals surface area contributed by atoms with Crippen molar-refractivity contribution in [1.29, 1.82) is 0 Å². The van der Waals surface area contributed by atoms with E-state index in [4.69, 9.17) is 0 Å². The van der Waals surface area contributed by atoms with Crippen molar-refractivity contribution in [3.05, 3.63) is 22.5 Å². The average Bonchev–Trinajstić information content (AvgIpc) is 3.32. The van der Waals surface area contributed by atoms with Gasteiger partial charge in [-0.15, -0.1) is 0 Å². The van der Waals surface area contributed by atoms with Crippen LogP contribution in [0.15, 0.2) is 12.4 Å². The molecule has 0 N–H and O–H groups in total. The Bertz CT molecular complexity index is 881. The second-order valence-electron chi connectivity index (χ2n) is 11.8. The van der Waals surface area contributed by atoms with Crippen LogP contribution in [0.25, 0.3) is 0 Å². The topological polar surface area (TPSA) is 78.0 Å². The van der Waals surface area contributed by atoms with Crippen molar-refractivity contribution in [1.82, 2.24) is 9.78 Å². The highest BCUT2D eigenvalue weighted by atomic mass is 16.6. The van der Waals surface area contributed by atoms with Crippen molar-refractivity contribution < 1.29 is 9.72 Å². The number of rotatable bonds is 4. The van der Waals surface area contributed by atoms with Gasteiger partial charge in [0.15, 0.2) is 5.78 Å². The first-order valence-electron chi connectivity index (χ1n) is 12.4. The number of aromatic nitrogens is 2. The lowest BCUT2D eigenvalue weighted by molar-refractivity contribution is -0.385.